The van der Waals surface area contributed by atoms with Crippen molar-refractivity contribution in [1.29, 1.82) is 0 Å². The second-order valence-corrected chi connectivity index (χ2v) is 2.95. The number of fused-ring (bicyclic) bond motifs is 1. The zero-order chi connectivity index (χ0) is 9.42. The minimum absolute atomic E-state index is 0.216. The molecule has 0 atom stereocenters. The van der Waals surface area contributed by atoms with E-state index in [1.165, 1.54) is 6.20 Å². The molecule has 0 bridgehead atoms. The number of nitrogens with zero attached hydrogens (tertiary/aromatic N) is 2. The first-order valence-corrected chi connectivity index (χ1v) is 4.00. The third-order valence-corrected chi connectivity index (χ3v) is 2.00. The lowest BCUT2D eigenvalue weighted by Crippen LogP contribution is -2.10. The van der Waals surface area contributed by atoms with Crippen molar-refractivity contribution < 1.29 is 4.79 Å². The maximum absolute atomic E-state index is 10.8. The van der Waals surface area contributed by atoms with Crippen molar-refractivity contribution in [3.8, 4) is 0 Å². The van der Waals surface area contributed by atoms with Crippen LogP contribution in [0, 0.1) is 0 Å². The molecule has 0 spiro atoms. The van der Waals surface area contributed by atoms with Gasteiger partial charge >= 0.3 is 0 Å². The first-order valence-electron chi connectivity index (χ1n) is 3.62. The van der Waals surface area contributed by atoms with E-state index in [0.29, 0.717) is 10.8 Å². The lowest BCUT2D eigenvalue weighted by Gasteiger charge is -1.93. The Morgan fingerprint density at radius 1 is 1.54 bits per heavy atom. The minimum Gasteiger partial charge on any atom is -0.364 e. The number of pyridine rings is 1. The summed E-state index contributed by atoms with van der Waals surface area (Å²) in [5, 5.41) is 0.498. The summed E-state index contributed by atoms with van der Waals surface area (Å²) in [6, 6.07) is 5.22. The van der Waals surface area contributed by atoms with Gasteiger partial charge in [-0.05, 0) is 12.1 Å². The van der Waals surface area contributed by atoms with Gasteiger partial charge in [0.05, 0.1) is 0 Å². The second kappa shape index (κ2) is 2.74. The van der Waals surface area contributed by atoms with Crippen molar-refractivity contribution in [1.82, 2.24) is 9.38 Å². The van der Waals surface area contributed by atoms with Crippen LogP contribution in [0.15, 0.2) is 24.4 Å². The molecule has 2 aromatic rings. The molecule has 0 saturated carbocycles. The highest BCUT2D eigenvalue weighted by molar-refractivity contribution is 6.29. The molecule has 0 aliphatic carbocycles. The third kappa shape index (κ3) is 1.25. The summed E-state index contributed by atoms with van der Waals surface area (Å²) in [6.07, 6.45) is 1.51. The molecular weight excluding hydrogens is 190 g/mol. The first kappa shape index (κ1) is 8.07. The van der Waals surface area contributed by atoms with E-state index < -0.39 is 5.91 Å². The van der Waals surface area contributed by atoms with Crippen LogP contribution in [0.4, 0.5) is 0 Å². The standard InChI is InChI=1S/C8H6ClN3O/c9-6-2-1-3-7-11-5(8(10)13)4-12(6)7/h1-4H,(H2,10,13). The highest BCUT2D eigenvalue weighted by atomic mass is 35.5. The van der Waals surface area contributed by atoms with Gasteiger partial charge in [-0.3, -0.25) is 9.20 Å². The van der Waals surface area contributed by atoms with Crippen molar-refractivity contribution in [2.45, 2.75) is 0 Å². The predicted molar refractivity (Wildman–Crippen MR) is 48.7 cm³/mol. The molecule has 4 nitrogen and oxygen atoms in total. The molecule has 0 unspecified atom stereocenters. The molecule has 1 amide bonds. The number of carbonyl (C=O) groups excluding carboxylic acids is 1. The molecule has 2 N–H and O–H groups in total. The quantitative estimate of drug-likeness (QED) is 0.693. The minimum atomic E-state index is -0.556. The van der Waals surface area contributed by atoms with Gasteiger partial charge < -0.3 is 5.73 Å². The van der Waals surface area contributed by atoms with Crippen molar-refractivity contribution in [2.75, 3.05) is 0 Å². The molecule has 66 valence electrons. The van der Waals surface area contributed by atoms with Crippen LogP contribution < -0.4 is 5.73 Å². The average Bonchev–Trinajstić information content (AvgIpc) is 2.49. The lowest BCUT2D eigenvalue weighted by molar-refractivity contribution is 0.0996. The van der Waals surface area contributed by atoms with Crippen molar-refractivity contribution in [3.05, 3.63) is 35.2 Å². The van der Waals surface area contributed by atoms with Gasteiger partial charge in [0, 0.05) is 6.20 Å². The fraction of sp³-hybridized carbons (Fsp3) is 0. The Hall–Kier alpha value is -1.55. The molecule has 2 heterocycles. The van der Waals surface area contributed by atoms with E-state index in [2.05, 4.69) is 4.98 Å². The summed E-state index contributed by atoms with van der Waals surface area (Å²) in [7, 11) is 0. The van der Waals surface area contributed by atoms with E-state index in [4.69, 9.17) is 17.3 Å². The molecule has 5 heteroatoms. The molecule has 0 aromatic carbocycles. The molecule has 0 aliphatic heterocycles. The van der Waals surface area contributed by atoms with Gasteiger partial charge in [0.15, 0.2) is 0 Å². The predicted octanol–water partition coefficient (Wildman–Crippen LogP) is 1.09. The largest absolute Gasteiger partial charge is 0.364 e. The van der Waals surface area contributed by atoms with E-state index in [-0.39, 0.29) is 5.69 Å². The lowest BCUT2D eigenvalue weighted by atomic mass is 10.5. The Labute approximate surface area is 78.9 Å². The van der Waals surface area contributed by atoms with Crippen LogP contribution in [0.25, 0.3) is 5.65 Å². The van der Waals surface area contributed by atoms with E-state index in [9.17, 15) is 4.79 Å². The molecule has 2 rings (SSSR count). The summed E-state index contributed by atoms with van der Waals surface area (Å²) >= 11 is 5.85. The van der Waals surface area contributed by atoms with Gasteiger partial charge in [-0.25, -0.2) is 4.98 Å². The highest BCUT2D eigenvalue weighted by Crippen LogP contribution is 2.12. The first-order chi connectivity index (χ1) is 6.18. The molecule has 2 aromatic heterocycles. The molecular formula is C8H6ClN3O. The van der Waals surface area contributed by atoms with Gasteiger partial charge in [0.2, 0.25) is 0 Å². The summed E-state index contributed by atoms with van der Waals surface area (Å²) in [5.41, 5.74) is 5.90. The van der Waals surface area contributed by atoms with Gasteiger partial charge in [0.1, 0.15) is 16.5 Å². The smallest absolute Gasteiger partial charge is 0.268 e. The maximum atomic E-state index is 10.8. The summed E-state index contributed by atoms with van der Waals surface area (Å²) < 4.78 is 1.60. The number of rotatable bonds is 1. The van der Waals surface area contributed by atoms with Crippen LogP contribution in [0.3, 0.4) is 0 Å². The number of hydrogen-bond donors (Lipinski definition) is 1. The van der Waals surface area contributed by atoms with Crippen LogP contribution in [-0.2, 0) is 0 Å². The Kier molecular flexibility index (Phi) is 1.70. The number of halogens is 1. The average molecular weight is 196 g/mol. The fourth-order valence-corrected chi connectivity index (χ4v) is 1.30. The number of amides is 1. The van der Waals surface area contributed by atoms with Crippen molar-refractivity contribution in [2.24, 2.45) is 5.73 Å². The SMILES string of the molecule is NC(=O)c1cn2c(Cl)cccc2n1. The molecule has 13 heavy (non-hydrogen) atoms. The normalized spacial score (nSPS) is 10.5. The number of hydrogen-bond acceptors (Lipinski definition) is 2. The van der Waals surface area contributed by atoms with Gasteiger partial charge in [0.25, 0.3) is 5.91 Å². The molecule has 0 radical (unpaired) electrons. The van der Waals surface area contributed by atoms with Gasteiger partial charge in [-0.1, -0.05) is 17.7 Å². The van der Waals surface area contributed by atoms with Crippen LogP contribution >= 0.6 is 11.6 Å². The van der Waals surface area contributed by atoms with Gasteiger partial charge in [-0.15, -0.1) is 0 Å². The highest BCUT2D eigenvalue weighted by Gasteiger charge is 2.07. The Bertz CT molecular complexity index is 477. The number of aromatic nitrogens is 2. The Balaban J connectivity index is 2.75. The van der Waals surface area contributed by atoms with Gasteiger partial charge in [-0.2, -0.15) is 0 Å². The maximum Gasteiger partial charge on any atom is 0.268 e. The molecule has 0 saturated heterocycles. The number of primary amides is 1. The van der Waals surface area contributed by atoms with Crippen LogP contribution in [0.5, 0.6) is 0 Å². The summed E-state index contributed by atoms with van der Waals surface area (Å²) in [6.45, 7) is 0. The monoisotopic (exact) mass is 195 g/mol. The van der Waals surface area contributed by atoms with Crippen molar-refractivity contribution >= 4 is 23.2 Å². The van der Waals surface area contributed by atoms with Crippen molar-refractivity contribution in [3.63, 3.8) is 0 Å². The summed E-state index contributed by atoms with van der Waals surface area (Å²) in [5.74, 6) is -0.556. The van der Waals surface area contributed by atoms with E-state index in [1.807, 2.05) is 0 Å². The second-order valence-electron chi connectivity index (χ2n) is 2.57. The van der Waals surface area contributed by atoms with Crippen LogP contribution in [0.2, 0.25) is 5.15 Å². The number of nitrogens with two attached hydrogens (primary N) is 1. The molecule has 0 aliphatic rings. The van der Waals surface area contributed by atoms with Crippen LogP contribution in [-0.4, -0.2) is 15.3 Å². The zero-order valence-electron chi connectivity index (χ0n) is 6.57. The van der Waals surface area contributed by atoms with Crippen LogP contribution in [0.1, 0.15) is 10.5 Å². The fourth-order valence-electron chi connectivity index (χ4n) is 1.10. The van der Waals surface area contributed by atoms with E-state index >= 15 is 0 Å². The summed E-state index contributed by atoms with van der Waals surface area (Å²) in [4.78, 5) is 14.8. The zero-order valence-corrected chi connectivity index (χ0v) is 7.32. The third-order valence-electron chi connectivity index (χ3n) is 1.69. The number of imidazole rings is 1. The topological polar surface area (TPSA) is 60.4 Å². The Morgan fingerprint density at radius 2 is 2.31 bits per heavy atom. The van der Waals surface area contributed by atoms with E-state index in [0.717, 1.165) is 0 Å². The Morgan fingerprint density at radius 3 is 2.92 bits per heavy atom. The van der Waals surface area contributed by atoms with E-state index in [1.54, 1.807) is 22.6 Å². The number of carbonyl (C=O) groups is 1. The molecule has 0 fully saturated rings.